The van der Waals surface area contributed by atoms with E-state index in [0.717, 1.165) is 30.4 Å². The summed E-state index contributed by atoms with van der Waals surface area (Å²) in [5.74, 6) is -0.642. The van der Waals surface area contributed by atoms with Crippen LogP contribution >= 0.6 is 11.3 Å². The van der Waals surface area contributed by atoms with Crippen LogP contribution in [-0.4, -0.2) is 39.2 Å². The average Bonchev–Trinajstić information content (AvgIpc) is 3.21. The molecule has 1 aliphatic carbocycles. The summed E-state index contributed by atoms with van der Waals surface area (Å²) in [6.45, 7) is 2.10. The van der Waals surface area contributed by atoms with Crippen LogP contribution in [0, 0.1) is 0 Å². The average molecular weight is 446 g/mol. The van der Waals surface area contributed by atoms with E-state index >= 15 is 0 Å². The molecule has 1 radical (unpaired) electrons. The van der Waals surface area contributed by atoms with Crippen molar-refractivity contribution in [3.63, 3.8) is 0 Å². The number of carbonyl (C=O) groups is 2. The third-order valence-corrected chi connectivity index (χ3v) is 5.63. The Bertz CT molecular complexity index is 903. The molecule has 1 amide bonds. The van der Waals surface area contributed by atoms with Crippen molar-refractivity contribution in [2.24, 2.45) is 4.99 Å². The van der Waals surface area contributed by atoms with Gasteiger partial charge in [-0.2, -0.15) is 0 Å². The van der Waals surface area contributed by atoms with E-state index in [-0.39, 0.29) is 11.9 Å². The second-order valence-corrected chi connectivity index (χ2v) is 7.80. The van der Waals surface area contributed by atoms with Gasteiger partial charge < -0.3 is 0 Å². The second kappa shape index (κ2) is 9.13. The predicted octanol–water partition coefficient (Wildman–Crippen LogP) is 3.40. The number of esters is 1. The number of rotatable bonds is 5. The fourth-order valence-electron chi connectivity index (χ4n) is 2.89. The van der Waals surface area contributed by atoms with Gasteiger partial charge in [0.15, 0.2) is 0 Å². The number of fused-ring (bicyclic) bond motifs is 1. The van der Waals surface area contributed by atoms with E-state index in [1.54, 1.807) is 13.0 Å². The van der Waals surface area contributed by atoms with Crippen molar-refractivity contribution >= 4 is 55.0 Å². The summed E-state index contributed by atoms with van der Waals surface area (Å²) in [4.78, 5) is 30.1. The number of nitrogens with zero attached hydrogens (tertiary/aromatic N) is 1. The molecule has 7 heteroatoms. The Balaban J connectivity index is 1.75. The minimum atomic E-state index is -0.348. The summed E-state index contributed by atoms with van der Waals surface area (Å²) in [6, 6.07) is 9.56. The number of amides is 1. The molecule has 0 saturated carbocycles. The number of thiophene rings is 1. The van der Waals surface area contributed by atoms with Crippen LogP contribution in [0.4, 0.5) is 5.00 Å². The number of hydrogen-bond acceptors (Lipinski definition) is 5. The van der Waals surface area contributed by atoms with Crippen LogP contribution in [-0.2, 0) is 22.4 Å². The molecule has 0 unspecified atom stereocenters. The second-order valence-electron chi connectivity index (χ2n) is 5.91. The van der Waals surface area contributed by atoms with Gasteiger partial charge in [-0.25, -0.2) is 0 Å². The third-order valence-electron chi connectivity index (χ3n) is 4.04. The van der Waals surface area contributed by atoms with Gasteiger partial charge in [0.25, 0.3) is 0 Å². The summed E-state index contributed by atoms with van der Waals surface area (Å²) in [7, 11) is 0. The van der Waals surface area contributed by atoms with Crippen LogP contribution < -0.4 is 5.32 Å². The molecule has 0 aliphatic heterocycles. The van der Waals surface area contributed by atoms with Crippen LogP contribution in [0.2, 0.25) is 0 Å². The van der Waals surface area contributed by atoms with Crippen molar-refractivity contribution in [1.29, 1.82) is 0 Å². The van der Waals surface area contributed by atoms with Crippen molar-refractivity contribution < 1.29 is 14.3 Å². The van der Waals surface area contributed by atoms with Crippen LogP contribution in [0.15, 0.2) is 41.4 Å². The number of aryl methyl sites for hydroxylation is 1. The Labute approximate surface area is 170 Å². The van der Waals surface area contributed by atoms with Crippen molar-refractivity contribution in [3.05, 3.63) is 58.0 Å². The van der Waals surface area contributed by atoms with Gasteiger partial charge in [0.05, 0.1) is 0 Å². The molecule has 0 saturated heterocycles. The molecular formula is C20H19N2O3SSe. The molecular weight excluding hydrogens is 427 g/mol. The van der Waals surface area contributed by atoms with Crippen LogP contribution in [0.5, 0.6) is 0 Å². The maximum atomic E-state index is 12.4. The van der Waals surface area contributed by atoms with E-state index in [1.807, 2.05) is 30.3 Å². The van der Waals surface area contributed by atoms with Gasteiger partial charge in [-0.15, -0.1) is 0 Å². The van der Waals surface area contributed by atoms with E-state index in [1.165, 1.54) is 22.3 Å². The van der Waals surface area contributed by atoms with Gasteiger partial charge in [-0.05, 0) is 0 Å². The van der Waals surface area contributed by atoms with Gasteiger partial charge in [0.2, 0.25) is 0 Å². The molecule has 1 aromatic heterocycles. The monoisotopic (exact) mass is 447 g/mol. The Morgan fingerprint density at radius 2 is 2.07 bits per heavy atom. The van der Waals surface area contributed by atoms with Crippen molar-refractivity contribution in [3.8, 4) is 0 Å². The molecule has 1 aromatic carbocycles. The molecule has 0 spiro atoms. The van der Waals surface area contributed by atoms with Crippen molar-refractivity contribution in [2.45, 2.75) is 26.2 Å². The zero-order valence-corrected chi connectivity index (χ0v) is 17.4. The first-order valence-electron chi connectivity index (χ1n) is 8.70. The number of ether oxygens (including phenoxy) is 1. The zero-order chi connectivity index (χ0) is 19.2. The fourth-order valence-corrected chi connectivity index (χ4v) is 4.67. The van der Waals surface area contributed by atoms with Gasteiger partial charge in [0, 0.05) is 0 Å². The SMILES string of the molecule is CCOC(=O)c1c(/N=C(\[Se])NC(=O)/C=C/c2ccccc2)sc2c1CCC2. The molecule has 1 N–H and O–H groups in total. The van der Waals surface area contributed by atoms with Gasteiger partial charge in [0.1, 0.15) is 0 Å². The molecule has 1 aliphatic rings. The summed E-state index contributed by atoms with van der Waals surface area (Å²) < 4.78 is 5.51. The Morgan fingerprint density at radius 1 is 1.30 bits per heavy atom. The van der Waals surface area contributed by atoms with Crippen LogP contribution in [0.1, 0.15) is 39.7 Å². The third kappa shape index (κ3) is 4.95. The molecule has 3 rings (SSSR count). The maximum absolute atomic E-state index is 12.4. The Hall–Kier alpha value is -2.21. The summed E-state index contributed by atoms with van der Waals surface area (Å²) in [5.41, 5.74) is 2.52. The van der Waals surface area contributed by atoms with E-state index in [4.69, 9.17) is 4.74 Å². The van der Waals surface area contributed by atoms with E-state index in [0.29, 0.717) is 21.9 Å². The molecule has 2 aromatic rings. The molecule has 0 atom stereocenters. The minimum absolute atomic E-state index is 0.293. The zero-order valence-electron chi connectivity index (χ0n) is 14.9. The van der Waals surface area contributed by atoms with Gasteiger partial charge >= 0.3 is 170 Å². The molecule has 5 nitrogen and oxygen atoms in total. The standard InChI is InChI=1S/C20H19N2O3SSe/c1-2-25-19(24)17-14-9-6-10-15(14)26-18(17)22-20(27)21-16(23)12-11-13-7-4-3-5-8-13/h3-5,7-8,11-12H,2,6,9-10H2,1H3,(H,21,22,23)/b12-11+. The Kier molecular flexibility index (Phi) is 6.61. The number of aliphatic imine (C=N–C) groups is 1. The van der Waals surface area contributed by atoms with Crippen molar-refractivity contribution in [2.75, 3.05) is 6.61 Å². The summed E-state index contributed by atoms with van der Waals surface area (Å²) >= 11 is 4.25. The summed E-state index contributed by atoms with van der Waals surface area (Å²) in [5, 5.41) is 3.27. The number of hydrogen-bond donors (Lipinski definition) is 1. The first-order valence-corrected chi connectivity index (χ1v) is 10.4. The van der Waals surface area contributed by atoms with Gasteiger partial charge in [-0.3, -0.25) is 0 Å². The number of amidine groups is 1. The number of benzene rings is 1. The first kappa shape index (κ1) is 19.5. The normalized spacial score (nSPS) is 13.6. The van der Waals surface area contributed by atoms with E-state index in [9.17, 15) is 9.59 Å². The number of carbonyl (C=O) groups excluding carboxylic acids is 2. The molecule has 139 valence electrons. The topological polar surface area (TPSA) is 67.8 Å². The van der Waals surface area contributed by atoms with Gasteiger partial charge in [-0.1, -0.05) is 0 Å². The van der Waals surface area contributed by atoms with Crippen LogP contribution in [0.3, 0.4) is 0 Å². The first-order chi connectivity index (χ1) is 13.1. The molecule has 1 heterocycles. The van der Waals surface area contributed by atoms with Crippen LogP contribution in [0.25, 0.3) is 6.08 Å². The molecule has 27 heavy (non-hydrogen) atoms. The quantitative estimate of drug-likeness (QED) is 0.252. The Morgan fingerprint density at radius 3 is 2.81 bits per heavy atom. The van der Waals surface area contributed by atoms with E-state index in [2.05, 4.69) is 26.3 Å². The number of nitrogens with one attached hydrogen (secondary N) is 1. The fraction of sp³-hybridized carbons (Fsp3) is 0.250. The summed E-state index contributed by atoms with van der Waals surface area (Å²) in [6.07, 6.45) is 6.04. The predicted molar refractivity (Wildman–Crippen MR) is 109 cm³/mol. The van der Waals surface area contributed by atoms with E-state index < -0.39 is 0 Å². The molecule has 0 fully saturated rings. The molecule has 0 bridgehead atoms. The van der Waals surface area contributed by atoms with Crippen molar-refractivity contribution in [1.82, 2.24) is 5.32 Å².